The Morgan fingerprint density at radius 3 is 2.81 bits per heavy atom. The smallest absolute Gasteiger partial charge is 0.326 e. The zero-order valence-corrected chi connectivity index (χ0v) is 14.1. The van der Waals surface area contributed by atoms with Crippen LogP contribution in [0.5, 0.6) is 0 Å². The molecule has 5 heteroatoms. The van der Waals surface area contributed by atoms with Gasteiger partial charge in [-0.3, -0.25) is 4.79 Å². The largest absolute Gasteiger partial charge is 0.465 e. The number of carbonyl (C=O) groups excluding carboxylic acids is 1. The number of carbonyl (C=O) groups is 1. The van der Waals surface area contributed by atoms with Crippen molar-refractivity contribution in [2.24, 2.45) is 0 Å². The lowest BCUT2D eigenvalue weighted by Gasteiger charge is -2.29. The summed E-state index contributed by atoms with van der Waals surface area (Å²) in [4.78, 5) is 14.3. The Bertz CT molecular complexity index is 306. The summed E-state index contributed by atoms with van der Waals surface area (Å²) in [5.41, 5.74) is -0.585. The van der Waals surface area contributed by atoms with Gasteiger partial charge in [0.2, 0.25) is 0 Å². The van der Waals surface area contributed by atoms with E-state index >= 15 is 0 Å². The molecule has 0 bridgehead atoms. The standard InChI is InChI=1S/C16H32N2O3/c1-5-20-15(19)16(2,17-3)10-8-11-18(4)13-14-9-6-7-12-21-14/h14,17H,5-13H2,1-4H3. The van der Waals surface area contributed by atoms with E-state index in [1.807, 2.05) is 20.9 Å². The number of likely N-dealkylation sites (N-methyl/N-ethyl adjacent to an activating group) is 2. The van der Waals surface area contributed by atoms with Gasteiger partial charge in [-0.1, -0.05) is 0 Å². The van der Waals surface area contributed by atoms with Crippen molar-refractivity contribution >= 4 is 5.97 Å². The molecule has 1 heterocycles. The molecular formula is C16H32N2O3. The van der Waals surface area contributed by atoms with E-state index in [0.717, 1.165) is 32.5 Å². The third-order valence-corrected chi connectivity index (χ3v) is 4.28. The first kappa shape index (κ1) is 18.4. The Morgan fingerprint density at radius 1 is 1.48 bits per heavy atom. The van der Waals surface area contributed by atoms with Crippen LogP contribution in [0, 0.1) is 0 Å². The molecule has 0 aromatic heterocycles. The summed E-state index contributed by atoms with van der Waals surface area (Å²) in [6, 6.07) is 0. The van der Waals surface area contributed by atoms with Gasteiger partial charge < -0.3 is 19.7 Å². The van der Waals surface area contributed by atoms with Crippen molar-refractivity contribution in [1.82, 2.24) is 10.2 Å². The summed E-state index contributed by atoms with van der Waals surface area (Å²) in [6.07, 6.45) is 5.75. The molecule has 0 aromatic carbocycles. The number of rotatable bonds is 9. The molecule has 1 saturated heterocycles. The average Bonchev–Trinajstić information content (AvgIpc) is 2.48. The van der Waals surface area contributed by atoms with Crippen LogP contribution in [0.25, 0.3) is 0 Å². The third-order valence-electron chi connectivity index (χ3n) is 4.28. The van der Waals surface area contributed by atoms with Gasteiger partial charge in [0.25, 0.3) is 0 Å². The maximum atomic E-state index is 12.0. The molecule has 1 N–H and O–H groups in total. The first-order chi connectivity index (χ1) is 10.0. The lowest BCUT2D eigenvalue weighted by atomic mass is 9.96. The third kappa shape index (κ3) is 6.32. The maximum absolute atomic E-state index is 12.0. The monoisotopic (exact) mass is 300 g/mol. The number of esters is 1. The Morgan fingerprint density at radius 2 is 2.24 bits per heavy atom. The molecule has 1 aliphatic rings. The predicted molar refractivity (Wildman–Crippen MR) is 84.4 cm³/mol. The first-order valence-electron chi connectivity index (χ1n) is 8.18. The number of hydrogen-bond donors (Lipinski definition) is 1. The van der Waals surface area contributed by atoms with Gasteiger partial charge in [-0.15, -0.1) is 0 Å². The van der Waals surface area contributed by atoms with Crippen molar-refractivity contribution < 1.29 is 14.3 Å². The van der Waals surface area contributed by atoms with Crippen LogP contribution in [0.1, 0.15) is 46.0 Å². The second-order valence-electron chi connectivity index (χ2n) is 6.16. The summed E-state index contributed by atoms with van der Waals surface area (Å²) < 4.78 is 10.9. The van der Waals surface area contributed by atoms with E-state index in [1.165, 1.54) is 19.3 Å². The van der Waals surface area contributed by atoms with E-state index in [4.69, 9.17) is 9.47 Å². The zero-order valence-electron chi connectivity index (χ0n) is 14.1. The van der Waals surface area contributed by atoms with Crippen LogP contribution < -0.4 is 5.32 Å². The minimum absolute atomic E-state index is 0.161. The van der Waals surface area contributed by atoms with E-state index in [-0.39, 0.29) is 5.97 Å². The van der Waals surface area contributed by atoms with Crippen molar-refractivity contribution in [3.05, 3.63) is 0 Å². The lowest BCUT2D eigenvalue weighted by Crippen LogP contribution is -2.49. The fourth-order valence-corrected chi connectivity index (χ4v) is 2.71. The van der Waals surface area contributed by atoms with Gasteiger partial charge in [-0.05, 0) is 66.6 Å². The Hall–Kier alpha value is -0.650. The van der Waals surface area contributed by atoms with Crippen LogP contribution in [-0.2, 0) is 14.3 Å². The molecule has 2 atom stereocenters. The van der Waals surface area contributed by atoms with Gasteiger partial charge in [0.15, 0.2) is 0 Å². The van der Waals surface area contributed by atoms with Crippen molar-refractivity contribution in [1.29, 1.82) is 0 Å². The molecule has 0 amide bonds. The van der Waals surface area contributed by atoms with Crippen LogP contribution in [0.2, 0.25) is 0 Å². The molecule has 0 aromatic rings. The summed E-state index contributed by atoms with van der Waals surface area (Å²) >= 11 is 0. The minimum atomic E-state index is -0.585. The highest BCUT2D eigenvalue weighted by Crippen LogP contribution is 2.16. The zero-order chi connectivity index (χ0) is 15.7. The van der Waals surface area contributed by atoms with Crippen molar-refractivity contribution in [2.45, 2.75) is 57.6 Å². The molecule has 2 unspecified atom stereocenters. The van der Waals surface area contributed by atoms with Crippen molar-refractivity contribution in [2.75, 3.05) is 40.4 Å². The minimum Gasteiger partial charge on any atom is -0.465 e. The number of nitrogens with one attached hydrogen (secondary N) is 1. The number of hydrogen-bond acceptors (Lipinski definition) is 5. The molecule has 1 fully saturated rings. The average molecular weight is 300 g/mol. The topological polar surface area (TPSA) is 50.8 Å². The van der Waals surface area contributed by atoms with Gasteiger partial charge in [0, 0.05) is 13.2 Å². The molecule has 124 valence electrons. The Kier molecular flexibility index (Phi) is 8.22. The fourth-order valence-electron chi connectivity index (χ4n) is 2.71. The van der Waals surface area contributed by atoms with Gasteiger partial charge in [0.05, 0.1) is 12.7 Å². The predicted octanol–water partition coefficient (Wildman–Crippen LogP) is 1.81. The highest BCUT2D eigenvalue weighted by atomic mass is 16.5. The second-order valence-corrected chi connectivity index (χ2v) is 6.16. The maximum Gasteiger partial charge on any atom is 0.326 e. The van der Waals surface area contributed by atoms with Crippen molar-refractivity contribution in [3.8, 4) is 0 Å². The van der Waals surface area contributed by atoms with E-state index in [2.05, 4.69) is 17.3 Å². The van der Waals surface area contributed by atoms with E-state index in [0.29, 0.717) is 12.7 Å². The normalized spacial score (nSPS) is 22.0. The quantitative estimate of drug-likeness (QED) is 0.658. The van der Waals surface area contributed by atoms with Gasteiger partial charge >= 0.3 is 5.97 Å². The lowest BCUT2D eigenvalue weighted by molar-refractivity contribution is -0.150. The summed E-state index contributed by atoms with van der Waals surface area (Å²) in [5, 5.41) is 3.10. The van der Waals surface area contributed by atoms with Crippen LogP contribution in [0.3, 0.4) is 0 Å². The molecule has 0 spiro atoms. The van der Waals surface area contributed by atoms with E-state index in [9.17, 15) is 4.79 Å². The van der Waals surface area contributed by atoms with E-state index in [1.54, 1.807) is 0 Å². The van der Waals surface area contributed by atoms with Gasteiger partial charge in [0.1, 0.15) is 5.54 Å². The van der Waals surface area contributed by atoms with Gasteiger partial charge in [-0.25, -0.2) is 0 Å². The first-order valence-corrected chi connectivity index (χ1v) is 8.18. The number of nitrogens with zero attached hydrogens (tertiary/aromatic N) is 1. The summed E-state index contributed by atoms with van der Waals surface area (Å²) in [5.74, 6) is -0.161. The molecule has 0 radical (unpaired) electrons. The second kappa shape index (κ2) is 9.38. The SMILES string of the molecule is CCOC(=O)C(C)(CCCN(C)CC1CCCCO1)NC. The van der Waals surface area contributed by atoms with Crippen LogP contribution in [0.4, 0.5) is 0 Å². The fraction of sp³-hybridized carbons (Fsp3) is 0.938. The highest BCUT2D eigenvalue weighted by molar-refractivity contribution is 5.80. The van der Waals surface area contributed by atoms with Crippen LogP contribution in [0.15, 0.2) is 0 Å². The molecule has 1 aliphatic heterocycles. The summed E-state index contributed by atoms with van der Waals surface area (Å²) in [6.45, 7) is 7.03. The summed E-state index contributed by atoms with van der Waals surface area (Å²) in [7, 11) is 3.94. The highest BCUT2D eigenvalue weighted by Gasteiger charge is 2.32. The van der Waals surface area contributed by atoms with E-state index < -0.39 is 5.54 Å². The molecular weight excluding hydrogens is 268 g/mol. The Labute approximate surface area is 129 Å². The molecule has 21 heavy (non-hydrogen) atoms. The van der Waals surface area contributed by atoms with Gasteiger partial charge in [-0.2, -0.15) is 0 Å². The Balaban J connectivity index is 2.27. The van der Waals surface area contributed by atoms with Crippen LogP contribution in [-0.4, -0.2) is 62.9 Å². The number of ether oxygens (including phenoxy) is 2. The molecule has 5 nitrogen and oxygen atoms in total. The van der Waals surface area contributed by atoms with Crippen molar-refractivity contribution in [3.63, 3.8) is 0 Å². The van der Waals surface area contributed by atoms with Crippen LogP contribution >= 0.6 is 0 Å². The molecule has 0 aliphatic carbocycles. The molecule has 1 rings (SSSR count). The molecule has 0 saturated carbocycles.